The fourth-order valence-electron chi connectivity index (χ4n) is 7.57. The molecule has 6 aliphatic rings. The summed E-state index contributed by atoms with van der Waals surface area (Å²) in [4.78, 5) is 32.7. The summed E-state index contributed by atoms with van der Waals surface area (Å²) < 4.78 is 6.17. The lowest BCUT2D eigenvalue weighted by Crippen LogP contribution is -2.85. The molecule has 33 heavy (non-hydrogen) atoms. The second-order valence-electron chi connectivity index (χ2n) is 11.6. The number of benzene rings is 1. The van der Waals surface area contributed by atoms with E-state index in [-0.39, 0.29) is 23.3 Å². The predicted octanol–water partition coefficient (Wildman–Crippen LogP) is 2.93. The third-order valence-electron chi connectivity index (χ3n) is 9.18. The van der Waals surface area contributed by atoms with E-state index in [1.165, 1.54) is 0 Å². The second-order valence-corrected chi connectivity index (χ2v) is 11.6. The molecule has 0 radical (unpaired) electrons. The first kappa shape index (κ1) is 19.6. The van der Waals surface area contributed by atoms with E-state index in [0.717, 1.165) is 39.9 Å². The number of piperazine rings is 1. The normalized spacial score (nSPS) is 36.7. The van der Waals surface area contributed by atoms with E-state index < -0.39 is 22.6 Å². The smallest absolute Gasteiger partial charge is 0.252 e. The molecule has 2 aromatic rings. The number of hydrogen-bond donors (Lipinski definition) is 3. The third-order valence-corrected chi connectivity index (χ3v) is 9.18. The average molecular weight is 448 g/mol. The Kier molecular flexibility index (Phi) is 3.25. The highest BCUT2D eigenvalue weighted by Crippen LogP contribution is 2.62. The highest BCUT2D eigenvalue weighted by molar-refractivity contribution is 6.07. The van der Waals surface area contributed by atoms with E-state index in [1.807, 2.05) is 32.1 Å². The molecule has 8 rings (SSSR count). The van der Waals surface area contributed by atoms with Gasteiger partial charge in [-0.1, -0.05) is 13.8 Å². The molecule has 0 unspecified atom stereocenters. The third kappa shape index (κ3) is 1.99. The van der Waals surface area contributed by atoms with Crippen LogP contribution in [0.4, 0.5) is 0 Å². The molecule has 6 heterocycles. The monoisotopic (exact) mass is 447 g/mol. The van der Waals surface area contributed by atoms with Gasteiger partial charge < -0.3 is 25.0 Å². The standard InChI is InChI=1S/C26H29N3O4/c1-23(2)10-8-13-15(33-23)7-6-14-17-19(27-18(13)14)24(3,4)16-12-25-9-5-11-29(25)22(32)26(16,20(17)30)28-21(25)31/h6-8,10,16,20,27,30H,5,9,11-12H2,1-4H3,(H,28,31)/t16-,20-,25-,26+/m1/s1. The Bertz CT molecular complexity index is 1320. The van der Waals surface area contributed by atoms with Crippen molar-refractivity contribution < 1.29 is 19.4 Å². The maximum atomic E-state index is 13.9. The number of H-pyrrole nitrogens is 1. The summed E-state index contributed by atoms with van der Waals surface area (Å²) in [6.45, 7) is 8.89. The molecule has 1 aliphatic carbocycles. The zero-order valence-electron chi connectivity index (χ0n) is 19.4. The maximum Gasteiger partial charge on any atom is 0.252 e. The summed E-state index contributed by atoms with van der Waals surface area (Å²) in [5, 5.41) is 15.9. The fourth-order valence-corrected chi connectivity index (χ4v) is 7.57. The summed E-state index contributed by atoms with van der Waals surface area (Å²) in [5.41, 5.74) is 0.564. The van der Waals surface area contributed by atoms with Crippen LogP contribution in [0.1, 0.15) is 69.9 Å². The van der Waals surface area contributed by atoms with Gasteiger partial charge >= 0.3 is 0 Å². The van der Waals surface area contributed by atoms with Crippen molar-refractivity contribution in [3.8, 4) is 5.75 Å². The number of aliphatic hydroxyl groups excluding tert-OH is 1. The Labute approximate surface area is 192 Å². The molecular weight excluding hydrogens is 418 g/mol. The lowest BCUT2D eigenvalue weighted by molar-refractivity contribution is -0.191. The van der Waals surface area contributed by atoms with Crippen LogP contribution in [0.25, 0.3) is 17.0 Å². The lowest BCUT2D eigenvalue weighted by Gasteiger charge is -2.65. The molecule has 7 heteroatoms. The summed E-state index contributed by atoms with van der Waals surface area (Å²) in [6, 6.07) is 3.90. The zero-order valence-corrected chi connectivity index (χ0v) is 19.4. The molecule has 5 aliphatic heterocycles. The van der Waals surface area contributed by atoms with E-state index in [0.29, 0.717) is 19.4 Å². The van der Waals surface area contributed by atoms with Crippen LogP contribution in [0, 0.1) is 5.92 Å². The maximum absolute atomic E-state index is 13.9. The van der Waals surface area contributed by atoms with E-state index >= 15 is 0 Å². The van der Waals surface area contributed by atoms with Crippen LogP contribution in [-0.4, -0.2) is 50.0 Å². The molecule has 4 atom stereocenters. The largest absolute Gasteiger partial charge is 0.483 e. The molecule has 2 bridgehead atoms. The number of nitrogens with one attached hydrogen (secondary N) is 2. The minimum absolute atomic E-state index is 0.107. The number of hydrogen-bond acceptors (Lipinski definition) is 4. The molecule has 3 N–H and O–H groups in total. The van der Waals surface area contributed by atoms with Crippen molar-refractivity contribution in [3.63, 3.8) is 0 Å². The molecule has 2 amide bonds. The first-order valence-electron chi connectivity index (χ1n) is 11.9. The van der Waals surface area contributed by atoms with E-state index in [2.05, 4.69) is 30.2 Å². The molecular formula is C26H29N3O4. The Morgan fingerprint density at radius 3 is 2.76 bits per heavy atom. The number of piperidine rings is 2. The number of carbonyl (C=O) groups is 2. The Morgan fingerprint density at radius 1 is 1.18 bits per heavy atom. The number of aliphatic hydroxyl groups is 1. The van der Waals surface area contributed by atoms with Gasteiger partial charge in [-0.2, -0.15) is 0 Å². The summed E-state index contributed by atoms with van der Waals surface area (Å²) in [7, 11) is 0. The minimum atomic E-state index is -1.33. The fraction of sp³-hybridized carbons (Fsp3) is 0.538. The zero-order chi connectivity index (χ0) is 23.1. The SMILES string of the molecule is CC1(C)C=Cc2c(ccc3c4c([nH]c23)C(C)(C)[C@H]2C[C@@]35CCCN3C(=O)[C@@]2(NC5=O)[C@@H]4O)O1. The highest BCUT2D eigenvalue weighted by Gasteiger charge is 2.75. The van der Waals surface area contributed by atoms with Gasteiger partial charge in [0.15, 0.2) is 5.54 Å². The molecule has 0 saturated carbocycles. The van der Waals surface area contributed by atoms with Crippen molar-refractivity contribution >= 4 is 28.8 Å². The summed E-state index contributed by atoms with van der Waals surface area (Å²) in [5.74, 6) is 0.354. The summed E-state index contributed by atoms with van der Waals surface area (Å²) in [6.07, 6.45) is 5.07. The van der Waals surface area contributed by atoms with Gasteiger partial charge in [0.25, 0.3) is 5.91 Å². The van der Waals surface area contributed by atoms with E-state index in [1.54, 1.807) is 4.90 Å². The van der Waals surface area contributed by atoms with Gasteiger partial charge in [0.1, 0.15) is 23.0 Å². The second kappa shape index (κ2) is 5.46. The highest BCUT2D eigenvalue weighted by atomic mass is 16.5. The van der Waals surface area contributed by atoms with Gasteiger partial charge in [0.2, 0.25) is 5.91 Å². The Hall–Kier alpha value is -2.80. The van der Waals surface area contributed by atoms with Crippen LogP contribution >= 0.6 is 0 Å². The molecule has 4 saturated heterocycles. The quantitative estimate of drug-likeness (QED) is 0.579. The number of nitrogens with zero attached hydrogens (tertiary/aromatic N) is 1. The van der Waals surface area contributed by atoms with Gasteiger partial charge in [0, 0.05) is 40.1 Å². The van der Waals surface area contributed by atoms with Crippen LogP contribution in [0.3, 0.4) is 0 Å². The Balaban J connectivity index is 1.50. The molecule has 172 valence electrons. The number of carbonyl (C=O) groups excluding carboxylic acids is 2. The number of aromatic nitrogens is 1. The predicted molar refractivity (Wildman–Crippen MR) is 123 cm³/mol. The lowest BCUT2D eigenvalue weighted by atomic mass is 9.50. The van der Waals surface area contributed by atoms with Gasteiger partial charge in [0.05, 0.1) is 5.52 Å². The molecule has 2 spiro atoms. The number of ether oxygens (including phenoxy) is 1. The van der Waals surface area contributed by atoms with Crippen LogP contribution in [-0.2, 0) is 15.0 Å². The van der Waals surface area contributed by atoms with Crippen molar-refractivity contribution in [2.45, 2.75) is 75.2 Å². The number of rotatable bonds is 0. The van der Waals surface area contributed by atoms with Gasteiger partial charge in [-0.3, -0.25) is 9.59 Å². The molecule has 4 fully saturated rings. The number of amides is 2. The van der Waals surface area contributed by atoms with Crippen LogP contribution in [0.5, 0.6) is 5.75 Å². The van der Waals surface area contributed by atoms with Crippen molar-refractivity contribution in [1.29, 1.82) is 0 Å². The minimum Gasteiger partial charge on any atom is -0.483 e. The van der Waals surface area contributed by atoms with Crippen LogP contribution < -0.4 is 10.1 Å². The molecule has 1 aromatic carbocycles. The van der Waals surface area contributed by atoms with Crippen LogP contribution in [0.15, 0.2) is 18.2 Å². The van der Waals surface area contributed by atoms with E-state index in [9.17, 15) is 14.7 Å². The van der Waals surface area contributed by atoms with Crippen molar-refractivity contribution in [1.82, 2.24) is 15.2 Å². The van der Waals surface area contributed by atoms with Gasteiger partial charge in [-0.05, 0) is 57.4 Å². The van der Waals surface area contributed by atoms with Crippen molar-refractivity contribution in [2.75, 3.05) is 6.54 Å². The van der Waals surface area contributed by atoms with Crippen LogP contribution in [0.2, 0.25) is 0 Å². The molecule has 1 aromatic heterocycles. The number of aromatic amines is 1. The first-order chi connectivity index (χ1) is 15.5. The Morgan fingerprint density at radius 2 is 1.97 bits per heavy atom. The summed E-state index contributed by atoms with van der Waals surface area (Å²) >= 11 is 0. The van der Waals surface area contributed by atoms with Crippen molar-refractivity contribution in [2.24, 2.45) is 5.92 Å². The number of fused-ring (bicyclic) bond motifs is 6. The molecule has 7 nitrogen and oxygen atoms in total. The first-order valence-corrected chi connectivity index (χ1v) is 11.9. The van der Waals surface area contributed by atoms with Gasteiger partial charge in [-0.25, -0.2) is 0 Å². The van der Waals surface area contributed by atoms with Gasteiger partial charge in [-0.15, -0.1) is 0 Å². The average Bonchev–Trinajstić information content (AvgIpc) is 3.36. The van der Waals surface area contributed by atoms with E-state index in [4.69, 9.17) is 4.74 Å². The topological polar surface area (TPSA) is 94.7 Å². The van der Waals surface area contributed by atoms with Crippen molar-refractivity contribution in [3.05, 3.63) is 35.0 Å².